The van der Waals surface area contributed by atoms with Gasteiger partial charge in [-0.3, -0.25) is 4.84 Å². The summed E-state index contributed by atoms with van der Waals surface area (Å²) in [5.41, 5.74) is 1.50. The van der Waals surface area contributed by atoms with Crippen LogP contribution in [0.5, 0.6) is 0 Å². The maximum Gasteiger partial charge on any atom is 0.183 e. The second kappa shape index (κ2) is 8.84. The average Bonchev–Trinajstić information content (AvgIpc) is 2.77. The van der Waals surface area contributed by atoms with E-state index in [0.29, 0.717) is 48.9 Å². The van der Waals surface area contributed by atoms with Crippen molar-refractivity contribution in [3.63, 3.8) is 0 Å². The molecule has 0 amide bonds. The van der Waals surface area contributed by atoms with Gasteiger partial charge in [0.2, 0.25) is 0 Å². The first-order valence-electron chi connectivity index (χ1n) is 9.78. The van der Waals surface area contributed by atoms with Crippen molar-refractivity contribution in [2.24, 2.45) is 0 Å². The minimum Gasteiger partial charge on any atom is -0.393 e. The Morgan fingerprint density at radius 2 is 2.00 bits per heavy atom. The van der Waals surface area contributed by atoms with Crippen LogP contribution in [0.15, 0.2) is 42.5 Å². The molecular formula is C22H22ClN5O2. The molecule has 1 aromatic heterocycles. The molecule has 8 heteroatoms. The number of halogens is 1. The summed E-state index contributed by atoms with van der Waals surface area (Å²) in [6, 6.07) is 15.2. The maximum atomic E-state index is 9.83. The van der Waals surface area contributed by atoms with Gasteiger partial charge in [-0.1, -0.05) is 23.7 Å². The molecular weight excluding hydrogens is 402 g/mol. The van der Waals surface area contributed by atoms with E-state index in [9.17, 15) is 10.4 Å². The number of aliphatic hydroxyl groups is 1. The van der Waals surface area contributed by atoms with Crippen molar-refractivity contribution in [2.75, 3.05) is 30.2 Å². The Bertz CT molecular complexity index is 1090. The van der Waals surface area contributed by atoms with Crippen molar-refractivity contribution in [1.82, 2.24) is 10.2 Å². The van der Waals surface area contributed by atoms with E-state index in [1.54, 1.807) is 18.2 Å². The molecule has 0 atom stereocenters. The van der Waals surface area contributed by atoms with Crippen LogP contribution in [0.1, 0.15) is 24.0 Å². The van der Waals surface area contributed by atoms with Crippen LogP contribution in [-0.2, 0) is 11.4 Å². The second-order valence-electron chi connectivity index (χ2n) is 7.29. The van der Waals surface area contributed by atoms with Crippen LogP contribution in [0.3, 0.4) is 0 Å². The van der Waals surface area contributed by atoms with Crippen LogP contribution in [0, 0.1) is 11.3 Å². The molecule has 1 saturated heterocycles. The number of benzene rings is 2. The van der Waals surface area contributed by atoms with Gasteiger partial charge in [0.25, 0.3) is 0 Å². The van der Waals surface area contributed by atoms with Crippen LogP contribution in [0.25, 0.3) is 10.8 Å². The van der Waals surface area contributed by atoms with Gasteiger partial charge in [-0.15, -0.1) is 10.2 Å². The summed E-state index contributed by atoms with van der Waals surface area (Å²) >= 11 is 6.12. The van der Waals surface area contributed by atoms with E-state index in [1.807, 2.05) is 36.4 Å². The lowest BCUT2D eigenvalue weighted by atomic mass is 10.1. The fourth-order valence-corrected chi connectivity index (χ4v) is 3.93. The van der Waals surface area contributed by atoms with Gasteiger partial charge in [0, 0.05) is 28.9 Å². The topological polar surface area (TPSA) is 85.5 Å². The fraction of sp³-hybridized carbons (Fsp3) is 0.318. The first kappa shape index (κ1) is 20.4. The first-order chi connectivity index (χ1) is 14.6. The van der Waals surface area contributed by atoms with Crippen molar-refractivity contribution in [3.05, 3.63) is 58.6 Å². The monoisotopic (exact) mass is 423 g/mol. The third kappa shape index (κ3) is 4.17. The Hall–Kier alpha value is -2.92. The third-order valence-corrected chi connectivity index (χ3v) is 5.54. The minimum absolute atomic E-state index is 0.272. The van der Waals surface area contributed by atoms with Gasteiger partial charge in [-0.05, 0) is 48.7 Å². The molecule has 0 bridgehead atoms. The van der Waals surface area contributed by atoms with Crippen LogP contribution in [0.2, 0.25) is 5.02 Å². The third-order valence-electron chi connectivity index (χ3n) is 5.31. The van der Waals surface area contributed by atoms with Crippen LogP contribution < -0.4 is 9.96 Å². The van der Waals surface area contributed by atoms with E-state index in [0.717, 1.165) is 22.2 Å². The molecule has 154 valence electrons. The Labute approximate surface area is 180 Å². The Morgan fingerprint density at radius 3 is 2.70 bits per heavy atom. The summed E-state index contributed by atoms with van der Waals surface area (Å²) in [5, 5.41) is 32.2. The number of rotatable bonds is 5. The number of aliphatic hydroxyl groups excluding tert-OH is 1. The molecule has 0 aliphatic carbocycles. The predicted octanol–water partition coefficient (Wildman–Crippen LogP) is 3.68. The SMILES string of the molecule is CON(Cc1cccc(Cl)c1)c1nnc(N2CCC(O)CC2)c2ccc(C#N)cc12. The predicted molar refractivity (Wildman–Crippen MR) is 116 cm³/mol. The summed E-state index contributed by atoms with van der Waals surface area (Å²) < 4.78 is 0. The molecule has 0 radical (unpaired) electrons. The Balaban J connectivity index is 1.77. The van der Waals surface area contributed by atoms with E-state index in [-0.39, 0.29) is 6.10 Å². The molecule has 0 unspecified atom stereocenters. The highest BCUT2D eigenvalue weighted by molar-refractivity contribution is 6.30. The van der Waals surface area contributed by atoms with E-state index < -0.39 is 0 Å². The van der Waals surface area contributed by atoms with E-state index in [1.165, 1.54) is 0 Å². The number of nitrogens with zero attached hydrogens (tertiary/aromatic N) is 5. The molecule has 1 aliphatic rings. The quantitative estimate of drug-likeness (QED) is 0.626. The fourth-order valence-electron chi connectivity index (χ4n) is 3.72. The second-order valence-corrected chi connectivity index (χ2v) is 7.72. The first-order valence-corrected chi connectivity index (χ1v) is 10.2. The summed E-state index contributed by atoms with van der Waals surface area (Å²) in [5.74, 6) is 1.29. The zero-order valence-corrected chi connectivity index (χ0v) is 17.4. The van der Waals surface area contributed by atoms with Gasteiger partial charge in [0.1, 0.15) is 0 Å². The van der Waals surface area contributed by atoms with Gasteiger partial charge < -0.3 is 10.0 Å². The number of anilines is 2. The number of hydrogen-bond donors (Lipinski definition) is 1. The highest BCUT2D eigenvalue weighted by Crippen LogP contribution is 2.33. The number of nitriles is 1. The molecule has 1 N–H and O–H groups in total. The number of hydroxylamine groups is 1. The summed E-state index contributed by atoms with van der Waals surface area (Å²) in [6.07, 6.45) is 1.12. The molecule has 0 saturated carbocycles. The average molecular weight is 424 g/mol. The molecule has 7 nitrogen and oxygen atoms in total. The number of hydrogen-bond acceptors (Lipinski definition) is 7. The Morgan fingerprint density at radius 1 is 1.20 bits per heavy atom. The van der Waals surface area contributed by atoms with Gasteiger partial charge in [-0.25, -0.2) is 5.06 Å². The minimum atomic E-state index is -0.272. The van der Waals surface area contributed by atoms with Gasteiger partial charge >= 0.3 is 0 Å². The van der Waals surface area contributed by atoms with E-state index in [2.05, 4.69) is 21.2 Å². The van der Waals surface area contributed by atoms with Crippen molar-refractivity contribution < 1.29 is 9.94 Å². The molecule has 4 rings (SSSR count). The van der Waals surface area contributed by atoms with Crippen LogP contribution in [0.4, 0.5) is 11.6 Å². The zero-order valence-electron chi connectivity index (χ0n) is 16.6. The molecule has 3 aromatic rings. The van der Waals surface area contributed by atoms with Gasteiger partial charge in [0.05, 0.1) is 31.4 Å². The number of aromatic nitrogens is 2. The largest absolute Gasteiger partial charge is 0.393 e. The molecule has 1 aliphatic heterocycles. The van der Waals surface area contributed by atoms with Crippen molar-refractivity contribution in [2.45, 2.75) is 25.5 Å². The molecule has 30 heavy (non-hydrogen) atoms. The van der Waals surface area contributed by atoms with E-state index >= 15 is 0 Å². The summed E-state index contributed by atoms with van der Waals surface area (Å²) in [7, 11) is 1.58. The van der Waals surface area contributed by atoms with Crippen molar-refractivity contribution in [1.29, 1.82) is 5.26 Å². The molecule has 2 heterocycles. The van der Waals surface area contributed by atoms with Crippen LogP contribution in [-0.4, -0.2) is 41.6 Å². The maximum absolute atomic E-state index is 9.83. The Kier molecular flexibility index (Phi) is 6.00. The van der Waals surface area contributed by atoms with E-state index in [4.69, 9.17) is 16.4 Å². The van der Waals surface area contributed by atoms with Gasteiger partial charge in [0.15, 0.2) is 11.6 Å². The summed E-state index contributed by atoms with van der Waals surface area (Å²) in [6.45, 7) is 1.84. The highest BCUT2D eigenvalue weighted by atomic mass is 35.5. The smallest absolute Gasteiger partial charge is 0.183 e. The molecule has 0 spiro atoms. The lowest BCUT2D eigenvalue weighted by Crippen LogP contribution is -2.36. The van der Waals surface area contributed by atoms with Crippen LogP contribution >= 0.6 is 11.6 Å². The van der Waals surface area contributed by atoms with Crippen molar-refractivity contribution in [3.8, 4) is 6.07 Å². The number of fused-ring (bicyclic) bond motifs is 1. The highest BCUT2D eigenvalue weighted by Gasteiger charge is 2.23. The summed E-state index contributed by atoms with van der Waals surface area (Å²) in [4.78, 5) is 7.75. The number of piperidine rings is 1. The van der Waals surface area contributed by atoms with Crippen molar-refractivity contribution >= 4 is 34.0 Å². The van der Waals surface area contributed by atoms with Gasteiger partial charge in [-0.2, -0.15) is 5.26 Å². The standard InChI is InChI=1S/C22H22ClN5O2/c1-30-28(14-16-3-2-4-17(23)11-16)22-20-12-15(13-24)5-6-19(20)21(25-26-22)27-9-7-18(29)8-10-27/h2-6,11-12,18,29H,7-10,14H2,1H3. The normalized spacial score (nSPS) is 14.7. The molecule has 2 aromatic carbocycles. The lowest BCUT2D eigenvalue weighted by Gasteiger charge is -2.31. The zero-order chi connectivity index (χ0) is 21.1. The lowest BCUT2D eigenvalue weighted by molar-refractivity contribution is 0.145. The molecule has 1 fully saturated rings.